The number of carbonyl (C=O) groups excluding carboxylic acids is 1. The zero-order valence-electron chi connectivity index (χ0n) is 18.8. The van der Waals surface area contributed by atoms with Crippen molar-refractivity contribution in [2.24, 2.45) is 5.92 Å². The van der Waals surface area contributed by atoms with Crippen molar-refractivity contribution in [2.75, 3.05) is 39.4 Å². The molecule has 182 valence electrons. The number of urea groups is 1. The summed E-state index contributed by atoms with van der Waals surface area (Å²) < 4.78 is 51.8. The molecule has 1 unspecified atom stereocenters. The number of fused-ring (bicyclic) bond motifs is 1. The van der Waals surface area contributed by atoms with Gasteiger partial charge in [0.25, 0.3) is 0 Å². The Labute approximate surface area is 198 Å². The van der Waals surface area contributed by atoms with Crippen molar-refractivity contribution < 1.29 is 27.1 Å². The lowest BCUT2D eigenvalue weighted by Gasteiger charge is -2.27. The summed E-state index contributed by atoms with van der Waals surface area (Å²) in [5, 5.41) is 3.17. The summed E-state index contributed by atoms with van der Waals surface area (Å²) in [5.74, 6) is 1.29. The number of sulfonamides is 1. The first-order valence-electron chi connectivity index (χ1n) is 11.6. The summed E-state index contributed by atoms with van der Waals surface area (Å²) in [6.07, 6.45) is 2.61. The molecule has 2 amide bonds. The highest BCUT2D eigenvalue weighted by atomic mass is 32.2. The van der Waals surface area contributed by atoms with Crippen molar-refractivity contribution in [1.29, 1.82) is 0 Å². The maximum atomic E-state index is 13.2. The van der Waals surface area contributed by atoms with Crippen LogP contribution in [0.4, 0.5) is 9.18 Å². The number of benzene rings is 2. The Morgan fingerprint density at radius 1 is 0.971 bits per heavy atom. The molecule has 1 N–H and O–H groups in total. The number of halogens is 1. The molecular weight excluding hydrogens is 461 g/mol. The second-order valence-electron chi connectivity index (χ2n) is 8.87. The van der Waals surface area contributed by atoms with E-state index in [9.17, 15) is 17.6 Å². The van der Waals surface area contributed by atoms with Gasteiger partial charge in [-0.05, 0) is 67.1 Å². The lowest BCUT2D eigenvalue weighted by atomic mass is 10.0. The molecule has 1 saturated carbocycles. The van der Waals surface area contributed by atoms with Gasteiger partial charge in [-0.3, -0.25) is 0 Å². The van der Waals surface area contributed by atoms with Gasteiger partial charge >= 0.3 is 6.03 Å². The quantitative estimate of drug-likeness (QED) is 0.697. The summed E-state index contributed by atoms with van der Waals surface area (Å²) >= 11 is 0. The van der Waals surface area contributed by atoms with Crippen LogP contribution in [0, 0.1) is 11.7 Å². The Kier molecular flexibility index (Phi) is 6.35. The van der Waals surface area contributed by atoms with E-state index in [2.05, 4.69) is 5.32 Å². The van der Waals surface area contributed by atoms with E-state index >= 15 is 0 Å². The van der Waals surface area contributed by atoms with E-state index in [0.717, 1.165) is 30.5 Å². The van der Waals surface area contributed by atoms with Crippen LogP contribution < -0.4 is 14.8 Å². The molecule has 2 aromatic rings. The maximum Gasteiger partial charge on any atom is 0.317 e. The van der Waals surface area contributed by atoms with Crippen LogP contribution in [-0.2, 0) is 10.0 Å². The van der Waals surface area contributed by atoms with Crippen LogP contribution in [0.1, 0.15) is 30.9 Å². The molecule has 1 atom stereocenters. The van der Waals surface area contributed by atoms with E-state index in [4.69, 9.17) is 9.47 Å². The SMILES string of the molecule is O=C(NC(c1ccc2c(c1)OCCO2)C1CC1)N1CCCN(S(=O)(=O)c2ccc(F)cc2)CC1. The zero-order valence-corrected chi connectivity index (χ0v) is 19.6. The van der Waals surface area contributed by atoms with Gasteiger partial charge in [-0.1, -0.05) is 6.07 Å². The number of rotatable bonds is 5. The van der Waals surface area contributed by atoms with Gasteiger partial charge in [0, 0.05) is 26.2 Å². The van der Waals surface area contributed by atoms with Crippen molar-refractivity contribution >= 4 is 16.1 Å². The number of ether oxygens (including phenoxy) is 2. The van der Waals surface area contributed by atoms with E-state index in [1.54, 1.807) is 4.90 Å². The second kappa shape index (κ2) is 9.42. The Bertz CT molecular complexity index is 1150. The Hall–Kier alpha value is -2.85. The molecule has 3 aliphatic rings. The third-order valence-electron chi connectivity index (χ3n) is 6.49. The lowest BCUT2D eigenvalue weighted by Crippen LogP contribution is -2.44. The summed E-state index contributed by atoms with van der Waals surface area (Å²) in [6, 6.07) is 10.3. The van der Waals surface area contributed by atoms with Crippen LogP contribution >= 0.6 is 0 Å². The Morgan fingerprint density at radius 2 is 1.71 bits per heavy atom. The van der Waals surface area contributed by atoms with Crippen LogP contribution in [0.5, 0.6) is 11.5 Å². The van der Waals surface area contributed by atoms with E-state index in [1.165, 1.54) is 16.4 Å². The molecule has 0 spiro atoms. The number of hydrogen-bond acceptors (Lipinski definition) is 5. The highest BCUT2D eigenvalue weighted by Gasteiger charge is 2.36. The maximum absolute atomic E-state index is 13.2. The minimum absolute atomic E-state index is 0.0548. The van der Waals surface area contributed by atoms with E-state index in [1.807, 2.05) is 18.2 Å². The fourth-order valence-electron chi connectivity index (χ4n) is 4.47. The topological polar surface area (TPSA) is 88.2 Å². The first kappa shape index (κ1) is 22.9. The minimum atomic E-state index is -3.75. The molecule has 0 aromatic heterocycles. The Balaban J connectivity index is 1.25. The molecule has 34 heavy (non-hydrogen) atoms. The van der Waals surface area contributed by atoms with Gasteiger partial charge in [0.1, 0.15) is 19.0 Å². The average molecular weight is 490 g/mol. The summed E-state index contributed by atoms with van der Waals surface area (Å²) in [7, 11) is -3.75. The molecule has 10 heteroatoms. The molecule has 0 radical (unpaired) electrons. The molecule has 2 fully saturated rings. The van der Waals surface area contributed by atoms with Crippen LogP contribution in [0.15, 0.2) is 47.4 Å². The predicted octanol–water partition coefficient (Wildman–Crippen LogP) is 3.15. The van der Waals surface area contributed by atoms with E-state index in [-0.39, 0.29) is 30.1 Å². The highest BCUT2D eigenvalue weighted by Crippen LogP contribution is 2.43. The fourth-order valence-corrected chi connectivity index (χ4v) is 5.94. The van der Waals surface area contributed by atoms with E-state index in [0.29, 0.717) is 50.1 Å². The molecule has 1 aliphatic carbocycles. The van der Waals surface area contributed by atoms with Gasteiger partial charge in [-0.25, -0.2) is 17.6 Å². The van der Waals surface area contributed by atoms with Crippen LogP contribution in [0.25, 0.3) is 0 Å². The molecule has 5 rings (SSSR count). The van der Waals surface area contributed by atoms with Crippen molar-refractivity contribution in [3.05, 3.63) is 53.8 Å². The van der Waals surface area contributed by atoms with Gasteiger partial charge in [0.05, 0.1) is 10.9 Å². The first-order valence-corrected chi connectivity index (χ1v) is 13.1. The van der Waals surface area contributed by atoms with Crippen molar-refractivity contribution in [1.82, 2.24) is 14.5 Å². The van der Waals surface area contributed by atoms with Gasteiger partial charge in [0.2, 0.25) is 10.0 Å². The van der Waals surface area contributed by atoms with Gasteiger partial charge in [0.15, 0.2) is 11.5 Å². The minimum Gasteiger partial charge on any atom is -0.486 e. The molecule has 1 saturated heterocycles. The summed E-state index contributed by atoms with van der Waals surface area (Å²) in [5.41, 5.74) is 0.982. The van der Waals surface area contributed by atoms with Crippen molar-refractivity contribution in [2.45, 2.75) is 30.2 Å². The number of nitrogens with one attached hydrogen (secondary N) is 1. The number of nitrogens with zero attached hydrogens (tertiary/aromatic N) is 2. The fraction of sp³-hybridized carbons (Fsp3) is 0.458. The molecular formula is C24H28FN3O5S. The summed E-state index contributed by atoms with van der Waals surface area (Å²) in [6.45, 7) is 2.26. The average Bonchev–Trinajstić information content (AvgIpc) is 3.69. The van der Waals surface area contributed by atoms with Crippen LogP contribution in [0.3, 0.4) is 0 Å². The molecule has 2 aliphatic heterocycles. The zero-order chi connectivity index (χ0) is 23.7. The van der Waals surface area contributed by atoms with Gasteiger partial charge < -0.3 is 19.7 Å². The number of amides is 2. The number of hydrogen-bond donors (Lipinski definition) is 1. The molecule has 0 bridgehead atoms. The van der Waals surface area contributed by atoms with Gasteiger partial charge in [-0.15, -0.1) is 0 Å². The van der Waals surface area contributed by atoms with E-state index < -0.39 is 15.8 Å². The predicted molar refractivity (Wildman–Crippen MR) is 123 cm³/mol. The molecule has 2 aromatic carbocycles. The summed E-state index contributed by atoms with van der Waals surface area (Å²) in [4.78, 5) is 14.9. The van der Waals surface area contributed by atoms with Crippen LogP contribution in [0.2, 0.25) is 0 Å². The first-order chi connectivity index (χ1) is 16.4. The van der Waals surface area contributed by atoms with Gasteiger partial charge in [-0.2, -0.15) is 4.31 Å². The standard InChI is InChI=1S/C24H28FN3O5S/c25-19-5-7-20(8-6-19)34(30,31)28-11-1-10-27(12-13-28)24(29)26-23(17-2-3-17)18-4-9-21-22(16-18)33-15-14-32-21/h4-9,16-17,23H,1-3,10-15H2,(H,26,29). The van der Waals surface area contributed by atoms with Crippen molar-refractivity contribution in [3.63, 3.8) is 0 Å². The lowest BCUT2D eigenvalue weighted by molar-refractivity contribution is 0.171. The smallest absolute Gasteiger partial charge is 0.317 e. The molecule has 8 nitrogen and oxygen atoms in total. The number of carbonyl (C=O) groups is 1. The normalized spacial score (nSPS) is 19.9. The third kappa shape index (κ3) is 4.83. The Morgan fingerprint density at radius 3 is 2.44 bits per heavy atom. The second-order valence-corrected chi connectivity index (χ2v) is 10.8. The highest BCUT2D eigenvalue weighted by molar-refractivity contribution is 7.89. The largest absolute Gasteiger partial charge is 0.486 e. The van der Waals surface area contributed by atoms with Crippen molar-refractivity contribution in [3.8, 4) is 11.5 Å². The molecule has 2 heterocycles. The van der Waals surface area contributed by atoms with Crippen LogP contribution in [-0.4, -0.2) is 63.0 Å². The monoisotopic (exact) mass is 489 g/mol. The third-order valence-corrected chi connectivity index (χ3v) is 8.40.